The van der Waals surface area contributed by atoms with Crippen molar-refractivity contribution >= 4 is 33.2 Å². The molecule has 1 nitrogen and oxygen atoms in total. The molecule has 0 saturated heterocycles. The highest BCUT2D eigenvalue weighted by Gasteiger charge is 1.91. The Morgan fingerprint density at radius 3 is 2.15 bits per heavy atom. The fourth-order valence-electron chi connectivity index (χ4n) is 1.12. The van der Waals surface area contributed by atoms with Gasteiger partial charge in [0.05, 0.1) is 6.61 Å². The van der Waals surface area contributed by atoms with Crippen LogP contribution in [0.25, 0.3) is 0 Å². The van der Waals surface area contributed by atoms with Gasteiger partial charge in [0.25, 0.3) is 0 Å². The van der Waals surface area contributed by atoms with E-state index in [1.165, 1.54) is 32.1 Å². The summed E-state index contributed by atoms with van der Waals surface area (Å²) < 4.78 is 5.19. The molecule has 0 aliphatic carbocycles. The predicted molar refractivity (Wildman–Crippen MR) is 65.7 cm³/mol. The minimum Gasteiger partial charge on any atom is -0.487 e. The SMILES string of the molecule is CC(=S)OCCCCCCCCBr. The normalized spacial score (nSPS) is 10.0. The molecule has 0 N–H and O–H groups in total. The monoisotopic (exact) mass is 266 g/mol. The van der Waals surface area contributed by atoms with Gasteiger partial charge in [0.15, 0.2) is 5.05 Å². The van der Waals surface area contributed by atoms with Crippen LogP contribution in [0.15, 0.2) is 0 Å². The molecule has 0 bridgehead atoms. The Labute approximate surface area is 95.4 Å². The van der Waals surface area contributed by atoms with Gasteiger partial charge in [-0.3, -0.25) is 0 Å². The third-order valence-corrected chi connectivity index (χ3v) is 2.51. The fraction of sp³-hybridized carbons (Fsp3) is 0.900. The largest absolute Gasteiger partial charge is 0.487 e. The second-order valence-corrected chi connectivity index (χ2v) is 4.52. The molecular weight excluding hydrogens is 248 g/mol. The highest BCUT2D eigenvalue weighted by molar-refractivity contribution is 9.09. The summed E-state index contributed by atoms with van der Waals surface area (Å²) in [7, 11) is 0. The van der Waals surface area contributed by atoms with Gasteiger partial charge >= 0.3 is 0 Å². The van der Waals surface area contributed by atoms with Crippen LogP contribution >= 0.6 is 28.1 Å². The number of unbranched alkanes of at least 4 members (excludes halogenated alkanes) is 5. The van der Waals surface area contributed by atoms with Gasteiger partial charge in [-0.05, 0) is 25.1 Å². The second-order valence-electron chi connectivity index (χ2n) is 3.15. The lowest BCUT2D eigenvalue weighted by Gasteiger charge is -2.03. The second kappa shape index (κ2) is 10.5. The molecule has 0 aromatic carbocycles. The summed E-state index contributed by atoms with van der Waals surface area (Å²) in [6.45, 7) is 2.62. The topological polar surface area (TPSA) is 9.23 Å². The number of alkyl halides is 1. The van der Waals surface area contributed by atoms with E-state index in [9.17, 15) is 0 Å². The Kier molecular flexibility index (Phi) is 10.7. The molecule has 0 aliphatic rings. The summed E-state index contributed by atoms with van der Waals surface area (Å²) in [4.78, 5) is 0. The molecule has 0 atom stereocenters. The highest BCUT2D eigenvalue weighted by Crippen LogP contribution is 2.06. The van der Waals surface area contributed by atoms with E-state index in [2.05, 4.69) is 15.9 Å². The zero-order valence-electron chi connectivity index (χ0n) is 8.35. The number of hydrogen-bond donors (Lipinski definition) is 0. The molecular formula is C10H19BrOS. The van der Waals surface area contributed by atoms with Crippen molar-refractivity contribution in [3.63, 3.8) is 0 Å². The van der Waals surface area contributed by atoms with Crippen molar-refractivity contribution in [3.8, 4) is 0 Å². The highest BCUT2D eigenvalue weighted by atomic mass is 79.9. The quantitative estimate of drug-likeness (QED) is 0.372. The molecule has 3 heteroatoms. The van der Waals surface area contributed by atoms with Crippen LogP contribution in [-0.4, -0.2) is 17.0 Å². The van der Waals surface area contributed by atoms with Crippen molar-refractivity contribution in [2.24, 2.45) is 0 Å². The van der Waals surface area contributed by atoms with Crippen LogP contribution in [0.3, 0.4) is 0 Å². The Hall–Kier alpha value is 0.370. The van der Waals surface area contributed by atoms with Gasteiger partial charge in [0.2, 0.25) is 0 Å². The molecule has 0 radical (unpaired) electrons. The van der Waals surface area contributed by atoms with Gasteiger partial charge in [-0.25, -0.2) is 0 Å². The molecule has 0 spiro atoms. The molecule has 0 amide bonds. The molecule has 0 fully saturated rings. The molecule has 0 aromatic rings. The molecule has 0 rings (SSSR count). The van der Waals surface area contributed by atoms with Gasteiger partial charge in [0.1, 0.15) is 0 Å². The van der Waals surface area contributed by atoms with Crippen molar-refractivity contribution in [3.05, 3.63) is 0 Å². The van der Waals surface area contributed by atoms with Crippen molar-refractivity contribution < 1.29 is 4.74 Å². The molecule has 78 valence electrons. The van der Waals surface area contributed by atoms with Gasteiger partial charge in [0, 0.05) is 12.3 Å². The van der Waals surface area contributed by atoms with Crippen LogP contribution < -0.4 is 0 Å². The lowest BCUT2D eigenvalue weighted by Crippen LogP contribution is -1.97. The first-order valence-electron chi connectivity index (χ1n) is 4.96. The summed E-state index contributed by atoms with van der Waals surface area (Å²) in [6.07, 6.45) is 7.73. The number of halogens is 1. The van der Waals surface area contributed by atoms with E-state index >= 15 is 0 Å². The van der Waals surface area contributed by atoms with E-state index in [1.807, 2.05) is 6.92 Å². The van der Waals surface area contributed by atoms with Crippen molar-refractivity contribution in [2.45, 2.75) is 45.4 Å². The third kappa shape index (κ3) is 12.4. The first-order valence-corrected chi connectivity index (χ1v) is 6.49. The van der Waals surface area contributed by atoms with E-state index < -0.39 is 0 Å². The summed E-state index contributed by atoms with van der Waals surface area (Å²) in [5, 5.41) is 1.81. The minimum absolute atomic E-state index is 0.666. The zero-order valence-corrected chi connectivity index (χ0v) is 10.8. The van der Waals surface area contributed by atoms with E-state index in [0.717, 1.165) is 18.4 Å². The van der Waals surface area contributed by atoms with Crippen LogP contribution in [0.1, 0.15) is 45.4 Å². The summed E-state index contributed by atoms with van der Waals surface area (Å²) in [6, 6.07) is 0. The first-order chi connectivity index (χ1) is 6.27. The van der Waals surface area contributed by atoms with Crippen LogP contribution in [0.2, 0.25) is 0 Å². The number of thiocarbonyl (C=S) groups is 1. The molecule has 0 aromatic heterocycles. The first kappa shape index (κ1) is 13.4. The van der Waals surface area contributed by atoms with Crippen LogP contribution in [0, 0.1) is 0 Å². The van der Waals surface area contributed by atoms with Gasteiger partial charge in [-0.1, -0.05) is 41.6 Å². The zero-order chi connectivity index (χ0) is 9.94. The van der Waals surface area contributed by atoms with Crippen molar-refractivity contribution in [1.82, 2.24) is 0 Å². The number of ether oxygens (including phenoxy) is 1. The predicted octanol–water partition coefficient (Wildman–Crippen LogP) is 4.09. The molecule has 0 saturated carbocycles. The lowest BCUT2D eigenvalue weighted by molar-refractivity contribution is 0.297. The van der Waals surface area contributed by atoms with Crippen molar-refractivity contribution in [2.75, 3.05) is 11.9 Å². The number of rotatable bonds is 8. The molecule has 0 unspecified atom stereocenters. The van der Waals surface area contributed by atoms with Crippen LogP contribution in [0.4, 0.5) is 0 Å². The molecule has 13 heavy (non-hydrogen) atoms. The van der Waals surface area contributed by atoms with Gasteiger partial charge in [-0.2, -0.15) is 0 Å². The standard InChI is InChI=1S/C10H19BrOS/c1-10(13)12-9-7-5-3-2-4-6-8-11/h2-9H2,1H3. The summed E-state index contributed by atoms with van der Waals surface area (Å²) >= 11 is 8.23. The van der Waals surface area contributed by atoms with E-state index in [1.54, 1.807) is 0 Å². The minimum atomic E-state index is 0.666. The van der Waals surface area contributed by atoms with Crippen LogP contribution in [-0.2, 0) is 4.74 Å². The Morgan fingerprint density at radius 2 is 1.62 bits per heavy atom. The Balaban J connectivity index is 2.87. The number of hydrogen-bond acceptors (Lipinski definition) is 2. The Bertz CT molecular complexity index is 128. The third-order valence-electron chi connectivity index (χ3n) is 1.83. The smallest absolute Gasteiger partial charge is 0.156 e. The van der Waals surface area contributed by atoms with E-state index in [0.29, 0.717) is 5.05 Å². The van der Waals surface area contributed by atoms with Gasteiger partial charge in [-0.15, -0.1) is 0 Å². The fourth-order valence-corrected chi connectivity index (χ4v) is 1.60. The van der Waals surface area contributed by atoms with E-state index in [-0.39, 0.29) is 0 Å². The Morgan fingerprint density at radius 1 is 1.08 bits per heavy atom. The summed E-state index contributed by atoms with van der Waals surface area (Å²) in [5.41, 5.74) is 0. The maximum Gasteiger partial charge on any atom is 0.156 e. The van der Waals surface area contributed by atoms with E-state index in [4.69, 9.17) is 17.0 Å². The molecule has 0 aliphatic heterocycles. The van der Waals surface area contributed by atoms with Gasteiger partial charge < -0.3 is 4.74 Å². The lowest BCUT2D eigenvalue weighted by atomic mass is 10.1. The maximum absolute atomic E-state index is 5.19. The summed E-state index contributed by atoms with van der Waals surface area (Å²) in [5.74, 6) is 0. The van der Waals surface area contributed by atoms with Crippen molar-refractivity contribution in [1.29, 1.82) is 0 Å². The molecule has 0 heterocycles. The maximum atomic E-state index is 5.19. The van der Waals surface area contributed by atoms with Crippen LogP contribution in [0.5, 0.6) is 0 Å². The average molecular weight is 267 g/mol. The average Bonchev–Trinajstić information content (AvgIpc) is 2.09.